The average molecular weight is 234 g/mol. The summed E-state index contributed by atoms with van der Waals surface area (Å²) in [4.78, 5) is 10.2. The molecule has 0 saturated carbocycles. The van der Waals surface area contributed by atoms with Gasteiger partial charge in [0, 0.05) is 6.08 Å². The molecule has 0 aliphatic rings. The number of benzene rings is 1. The van der Waals surface area contributed by atoms with E-state index in [2.05, 4.69) is 0 Å². The van der Waals surface area contributed by atoms with Crippen LogP contribution >= 0.6 is 0 Å². The highest BCUT2D eigenvalue weighted by molar-refractivity contribution is 5.91. The van der Waals surface area contributed by atoms with Crippen molar-refractivity contribution in [3.63, 3.8) is 0 Å². The van der Waals surface area contributed by atoms with Gasteiger partial charge in [0.25, 0.3) is 0 Å². The van der Waals surface area contributed by atoms with Crippen molar-refractivity contribution >= 4 is 11.5 Å². The molecule has 16 heavy (non-hydrogen) atoms. The lowest BCUT2D eigenvalue weighted by Crippen LogP contribution is -2.12. The van der Waals surface area contributed by atoms with Gasteiger partial charge in [-0.05, 0) is 17.7 Å². The van der Waals surface area contributed by atoms with Gasteiger partial charge in [-0.15, -0.1) is 0 Å². The maximum atomic E-state index is 12.5. The molecule has 86 valence electrons. The van der Waals surface area contributed by atoms with E-state index in [1.807, 2.05) is 0 Å². The first kappa shape index (κ1) is 12.2. The molecule has 1 rings (SSSR count). The van der Waals surface area contributed by atoms with Gasteiger partial charge in [0.1, 0.15) is 5.82 Å². The fourth-order valence-corrected chi connectivity index (χ4v) is 1.08. The summed E-state index contributed by atoms with van der Waals surface area (Å²) in [5.74, 6) is -2.41. The Morgan fingerprint density at radius 2 is 1.69 bits per heavy atom. The van der Waals surface area contributed by atoms with Crippen LogP contribution in [0.2, 0.25) is 0 Å². The van der Waals surface area contributed by atoms with Gasteiger partial charge < -0.3 is 5.11 Å². The normalized spacial score (nSPS) is 12.6. The molecule has 0 spiro atoms. The Morgan fingerprint density at radius 3 is 2.06 bits per heavy atom. The van der Waals surface area contributed by atoms with Crippen molar-refractivity contribution in [1.82, 2.24) is 0 Å². The third-order valence-corrected chi connectivity index (χ3v) is 1.73. The molecule has 0 amide bonds. The summed E-state index contributed by atoms with van der Waals surface area (Å²) < 4.78 is 49.8. The number of carboxylic acids is 1. The predicted molar refractivity (Wildman–Crippen MR) is 48.1 cm³/mol. The summed E-state index contributed by atoms with van der Waals surface area (Å²) in [6.45, 7) is 0. The number of alkyl halides is 3. The van der Waals surface area contributed by atoms with E-state index in [0.29, 0.717) is 0 Å². The van der Waals surface area contributed by atoms with Crippen LogP contribution in [0.3, 0.4) is 0 Å². The molecule has 1 N–H and O–H groups in total. The highest BCUT2D eigenvalue weighted by atomic mass is 19.4. The topological polar surface area (TPSA) is 37.3 Å². The Labute approximate surface area is 87.8 Å². The van der Waals surface area contributed by atoms with E-state index in [9.17, 15) is 22.4 Å². The molecule has 6 heteroatoms. The summed E-state index contributed by atoms with van der Waals surface area (Å²) in [7, 11) is 0. The van der Waals surface area contributed by atoms with Crippen molar-refractivity contribution in [2.24, 2.45) is 0 Å². The van der Waals surface area contributed by atoms with Crippen molar-refractivity contribution in [1.29, 1.82) is 0 Å². The van der Waals surface area contributed by atoms with Crippen LogP contribution in [0.5, 0.6) is 0 Å². The standard InChI is InChI=1S/C10H6F4O2/c11-7-3-1-6(2-4-7)8(5-9(15)16)10(12,13)14/h1-5H,(H,15,16)/b8-5+. The maximum absolute atomic E-state index is 12.5. The van der Waals surface area contributed by atoms with Gasteiger partial charge in [-0.2, -0.15) is 13.2 Å². The summed E-state index contributed by atoms with van der Waals surface area (Å²) in [6.07, 6.45) is -4.75. The second kappa shape index (κ2) is 4.34. The van der Waals surface area contributed by atoms with Gasteiger partial charge in [0.15, 0.2) is 0 Å². The molecule has 0 aliphatic heterocycles. The van der Waals surface area contributed by atoms with Crippen molar-refractivity contribution in [3.8, 4) is 0 Å². The van der Waals surface area contributed by atoms with Gasteiger partial charge in [0.05, 0.1) is 5.57 Å². The van der Waals surface area contributed by atoms with Crippen LogP contribution in [0.15, 0.2) is 30.3 Å². The second-order valence-electron chi connectivity index (χ2n) is 2.90. The van der Waals surface area contributed by atoms with Gasteiger partial charge >= 0.3 is 12.1 Å². The third kappa shape index (κ3) is 3.08. The van der Waals surface area contributed by atoms with Crippen molar-refractivity contribution in [3.05, 3.63) is 41.7 Å². The number of carbonyl (C=O) groups is 1. The number of carboxylic acid groups (broad SMARTS) is 1. The molecule has 0 bridgehead atoms. The molecule has 0 unspecified atom stereocenters. The van der Waals surface area contributed by atoms with Crippen LogP contribution in [0.1, 0.15) is 5.56 Å². The fraction of sp³-hybridized carbons (Fsp3) is 0.100. The van der Waals surface area contributed by atoms with Crippen LogP contribution in [-0.2, 0) is 4.79 Å². The second-order valence-corrected chi connectivity index (χ2v) is 2.90. The molecular weight excluding hydrogens is 228 g/mol. The van der Waals surface area contributed by atoms with Crippen LogP contribution < -0.4 is 0 Å². The van der Waals surface area contributed by atoms with E-state index in [0.717, 1.165) is 24.3 Å². The minimum Gasteiger partial charge on any atom is -0.478 e. The average Bonchev–Trinajstić information content (AvgIpc) is 2.14. The van der Waals surface area contributed by atoms with Crippen LogP contribution in [-0.4, -0.2) is 17.3 Å². The fourth-order valence-electron chi connectivity index (χ4n) is 1.08. The zero-order valence-electron chi connectivity index (χ0n) is 7.75. The maximum Gasteiger partial charge on any atom is 0.417 e. The number of hydrogen-bond donors (Lipinski definition) is 1. The van der Waals surface area contributed by atoms with E-state index >= 15 is 0 Å². The Hall–Kier alpha value is -1.85. The lowest BCUT2D eigenvalue weighted by Gasteiger charge is -2.10. The van der Waals surface area contributed by atoms with E-state index < -0.39 is 29.1 Å². The summed E-state index contributed by atoms with van der Waals surface area (Å²) in [5, 5.41) is 8.31. The quantitative estimate of drug-likeness (QED) is 0.631. The first-order valence-electron chi connectivity index (χ1n) is 4.08. The highest BCUT2D eigenvalue weighted by Gasteiger charge is 2.35. The molecule has 0 heterocycles. The van der Waals surface area contributed by atoms with Crippen molar-refractivity contribution in [2.75, 3.05) is 0 Å². The molecule has 0 fully saturated rings. The van der Waals surface area contributed by atoms with Crippen LogP contribution in [0.25, 0.3) is 5.57 Å². The Morgan fingerprint density at radius 1 is 1.19 bits per heavy atom. The van der Waals surface area contributed by atoms with Gasteiger partial charge in [-0.25, -0.2) is 9.18 Å². The molecule has 0 atom stereocenters. The van der Waals surface area contributed by atoms with E-state index in [-0.39, 0.29) is 6.08 Å². The number of hydrogen-bond acceptors (Lipinski definition) is 1. The van der Waals surface area contributed by atoms with E-state index in [4.69, 9.17) is 5.11 Å². The third-order valence-electron chi connectivity index (χ3n) is 1.73. The van der Waals surface area contributed by atoms with E-state index in [1.165, 1.54) is 0 Å². The van der Waals surface area contributed by atoms with Gasteiger partial charge in [0.2, 0.25) is 0 Å². The molecule has 0 aromatic heterocycles. The molecule has 0 aliphatic carbocycles. The lowest BCUT2D eigenvalue weighted by atomic mass is 10.1. The Kier molecular flexibility index (Phi) is 3.31. The van der Waals surface area contributed by atoms with E-state index in [1.54, 1.807) is 0 Å². The van der Waals surface area contributed by atoms with Crippen LogP contribution in [0.4, 0.5) is 17.6 Å². The van der Waals surface area contributed by atoms with Gasteiger partial charge in [-0.3, -0.25) is 0 Å². The minimum atomic E-state index is -4.80. The molecule has 1 aromatic carbocycles. The Balaban J connectivity index is 3.23. The number of halogens is 4. The predicted octanol–water partition coefficient (Wildman–Crippen LogP) is 2.86. The minimum absolute atomic E-state index is 0.0488. The molecule has 1 aromatic rings. The molecule has 0 radical (unpaired) electrons. The molecular formula is C10H6F4O2. The first-order chi connectivity index (χ1) is 7.30. The number of allylic oxidation sites excluding steroid dienone is 1. The van der Waals surface area contributed by atoms with Crippen molar-refractivity contribution < 1.29 is 27.5 Å². The highest BCUT2D eigenvalue weighted by Crippen LogP contribution is 2.33. The zero-order chi connectivity index (χ0) is 12.3. The number of aliphatic carboxylic acids is 1. The first-order valence-corrected chi connectivity index (χ1v) is 4.08. The van der Waals surface area contributed by atoms with Crippen LogP contribution in [0, 0.1) is 5.82 Å². The summed E-state index contributed by atoms with van der Waals surface area (Å²) >= 11 is 0. The SMILES string of the molecule is O=C(O)/C=C(\c1ccc(F)cc1)C(F)(F)F. The summed E-state index contributed by atoms with van der Waals surface area (Å²) in [5.41, 5.74) is -1.71. The smallest absolute Gasteiger partial charge is 0.417 e. The molecule has 0 saturated heterocycles. The number of rotatable bonds is 2. The van der Waals surface area contributed by atoms with Crippen molar-refractivity contribution in [2.45, 2.75) is 6.18 Å². The lowest BCUT2D eigenvalue weighted by molar-refractivity contribution is -0.131. The van der Waals surface area contributed by atoms with Gasteiger partial charge in [-0.1, -0.05) is 12.1 Å². The molecule has 2 nitrogen and oxygen atoms in total. The zero-order valence-corrected chi connectivity index (χ0v) is 7.75. The Bertz CT molecular complexity index is 417. The summed E-state index contributed by atoms with van der Waals surface area (Å²) in [6, 6.07) is 3.41. The monoisotopic (exact) mass is 234 g/mol. The largest absolute Gasteiger partial charge is 0.478 e.